The lowest BCUT2D eigenvalue weighted by atomic mass is 9.70. The highest BCUT2D eigenvalue weighted by Crippen LogP contribution is 2.47. The number of allylic oxidation sites excluding steroid dienone is 1. The van der Waals surface area contributed by atoms with Gasteiger partial charge in [0, 0.05) is 0 Å². The predicted molar refractivity (Wildman–Crippen MR) is 75.5 cm³/mol. The lowest BCUT2D eigenvalue weighted by Gasteiger charge is -2.44. The molecule has 0 spiro atoms. The number of hydrogen-bond donors (Lipinski definition) is 0. The second-order valence-electron chi connectivity index (χ2n) is 7.10. The van der Waals surface area contributed by atoms with Gasteiger partial charge in [-0.2, -0.15) is 0 Å². The van der Waals surface area contributed by atoms with Gasteiger partial charge >= 0.3 is 0 Å². The number of fused-ring (bicyclic) bond motifs is 2. The van der Waals surface area contributed by atoms with E-state index >= 15 is 0 Å². The minimum Gasteiger partial charge on any atom is -0.366 e. The molecule has 2 atom stereocenters. The molecule has 1 nitrogen and oxygen atoms in total. The van der Waals surface area contributed by atoms with Crippen molar-refractivity contribution in [3.05, 3.63) is 22.8 Å². The third-order valence-corrected chi connectivity index (χ3v) is 4.62. The number of rotatable bonds is 0. The van der Waals surface area contributed by atoms with E-state index in [4.69, 9.17) is 4.74 Å². The normalized spacial score (nSPS) is 32.7. The molecule has 100 valence electrons. The van der Waals surface area contributed by atoms with Crippen molar-refractivity contribution in [3.63, 3.8) is 0 Å². The zero-order chi connectivity index (χ0) is 12.8. The van der Waals surface area contributed by atoms with Gasteiger partial charge in [-0.15, -0.1) is 0 Å². The van der Waals surface area contributed by atoms with E-state index in [1.807, 2.05) is 0 Å². The number of hydrogen-bond acceptors (Lipinski definition) is 1. The molecule has 1 saturated carbocycles. The van der Waals surface area contributed by atoms with Crippen LogP contribution in [-0.2, 0) is 4.74 Å². The Morgan fingerprint density at radius 2 is 1.83 bits per heavy atom. The van der Waals surface area contributed by atoms with Crippen molar-refractivity contribution in [3.8, 4) is 0 Å². The molecule has 1 fully saturated rings. The van der Waals surface area contributed by atoms with Crippen LogP contribution in [0.4, 0.5) is 0 Å². The van der Waals surface area contributed by atoms with Gasteiger partial charge in [-0.05, 0) is 60.7 Å². The van der Waals surface area contributed by atoms with Crippen molar-refractivity contribution in [2.75, 3.05) is 0 Å². The molecule has 1 aliphatic heterocycles. The third kappa shape index (κ3) is 2.07. The Morgan fingerprint density at radius 1 is 1.06 bits per heavy atom. The van der Waals surface area contributed by atoms with Crippen molar-refractivity contribution in [2.24, 2.45) is 5.41 Å². The molecule has 0 aromatic carbocycles. The molecule has 1 heterocycles. The summed E-state index contributed by atoms with van der Waals surface area (Å²) in [7, 11) is 0. The fourth-order valence-corrected chi connectivity index (χ4v) is 3.97. The van der Waals surface area contributed by atoms with E-state index in [2.05, 4.69) is 26.8 Å². The van der Waals surface area contributed by atoms with Crippen LogP contribution in [0, 0.1) is 5.41 Å². The van der Waals surface area contributed by atoms with Crippen LogP contribution in [0.15, 0.2) is 22.8 Å². The highest BCUT2D eigenvalue weighted by Gasteiger charge is 2.39. The summed E-state index contributed by atoms with van der Waals surface area (Å²) in [5, 5.41) is 0. The predicted octanol–water partition coefficient (Wildman–Crippen LogP) is 4.78. The van der Waals surface area contributed by atoms with E-state index in [1.54, 1.807) is 16.7 Å². The summed E-state index contributed by atoms with van der Waals surface area (Å²) >= 11 is 0. The number of ether oxygens (including phenoxy) is 1. The average Bonchev–Trinajstić information content (AvgIpc) is 2.34. The van der Waals surface area contributed by atoms with Crippen LogP contribution in [0.5, 0.6) is 0 Å². The van der Waals surface area contributed by atoms with Gasteiger partial charge in [-0.25, -0.2) is 0 Å². The smallest absolute Gasteiger partial charge is 0.0833 e. The SMILES string of the molecule is CC(C)(C)C1=C2CCCC[C@@H]2O[C@H]2CCCC=C12. The molecule has 0 bridgehead atoms. The third-order valence-electron chi connectivity index (χ3n) is 4.62. The van der Waals surface area contributed by atoms with E-state index < -0.39 is 0 Å². The van der Waals surface area contributed by atoms with Crippen LogP contribution in [-0.4, -0.2) is 12.2 Å². The van der Waals surface area contributed by atoms with Gasteiger partial charge in [0.15, 0.2) is 0 Å². The van der Waals surface area contributed by atoms with Crippen LogP contribution in [0.2, 0.25) is 0 Å². The van der Waals surface area contributed by atoms with Crippen molar-refractivity contribution >= 4 is 0 Å². The Bertz CT molecular complexity index is 394. The summed E-state index contributed by atoms with van der Waals surface area (Å²) in [6.07, 6.45) is 12.3. The second kappa shape index (κ2) is 4.52. The minimum atomic E-state index is 0.274. The first-order chi connectivity index (χ1) is 8.57. The zero-order valence-corrected chi connectivity index (χ0v) is 12.1. The van der Waals surface area contributed by atoms with Gasteiger partial charge in [-0.1, -0.05) is 33.3 Å². The van der Waals surface area contributed by atoms with Crippen molar-refractivity contribution < 1.29 is 4.74 Å². The maximum Gasteiger partial charge on any atom is 0.0833 e. The maximum absolute atomic E-state index is 6.39. The van der Waals surface area contributed by atoms with Crippen molar-refractivity contribution in [1.82, 2.24) is 0 Å². The topological polar surface area (TPSA) is 9.23 Å². The lowest BCUT2D eigenvalue weighted by molar-refractivity contribution is -0.00342. The standard InChI is InChI=1S/C17H26O/c1-17(2,3)16-12-8-4-6-10-14(12)18-15-11-7-5-9-13(15)16/h8,14-15H,4-7,9-11H2,1-3H3/t14-,15-/m0/s1. The van der Waals surface area contributed by atoms with Crippen LogP contribution in [0.1, 0.15) is 65.7 Å². The van der Waals surface area contributed by atoms with Gasteiger partial charge < -0.3 is 4.74 Å². The monoisotopic (exact) mass is 246 g/mol. The molecule has 0 aromatic rings. The Kier molecular flexibility index (Phi) is 3.13. The summed E-state index contributed by atoms with van der Waals surface area (Å²) < 4.78 is 6.39. The summed E-state index contributed by atoms with van der Waals surface area (Å²) in [4.78, 5) is 0. The Balaban J connectivity index is 2.09. The molecule has 0 unspecified atom stereocenters. The van der Waals surface area contributed by atoms with Gasteiger partial charge in [0.25, 0.3) is 0 Å². The lowest BCUT2D eigenvalue weighted by Crippen LogP contribution is -2.38. The molecule has 0 saturated heterocycles. The molecule has 3 aliphatic rings. The largest absolute Gasteiger partial charge is 0.366 e. The first-order valence-corrected chi connectivity index (χ1v) is 7.67. The summed E-state index contributed by atoms with van der Waals surface area (Å²) in [6, 6.07) is 0. The Labute approximate surface area is 111 Å². The molecule has 3 rings (SSSR count). The fourth-order valence-electron chi connectivity index (χ4n) is 3.97. The van der Waals surface area contributed by atoms with Crippen molar-refractivity contribution in [1.29, 1.82) is 0 Å². The summed E-state index contributed by atoms with van der Waals surface area (Å²) in [5.74, 6) is 0. The summed E-state index contributed by atoms with van der Waals surface area (Å²) in [5.41, 5.74) is 5.11. The van der Waals surface area contributed by atoms with Crippen LogP contribution in [0.25, 0.3) is 0 Å². The van der Waals surface area contributed by atoms with Gasteiger partial charge in [0.05, 0.1) is 12.2 Å². The van der Waals surface area contributed by atoms with Crippen LogP contribution in [0.3, 0.4) is 0 Å². The average molecular weight is 246 g/mol. The van der Waals surface area contributed by atoms with E-state index in [0.29, 0.717) is 12.2 Å². The Hall–Kier alpha value is -0.560. The highest BCUT2D eigenvalue weighted by molar-refractivity contribution is 5.46. The molecule has 0 aromatic heterocycles. The van der Waals surface area contributed by atoms with E-state index in [9.17, 15) is 0 Å². The Morgan fingerprint density at radius 3 is 2.61 bits per heavy atom. The first kappa shape index (κ1) is 12.5. The van der Waals surface area contributed by atoms with Gasteiger partial charge in [-0.3, -0.25) is 0 Å². The quantitative estimate of drug-likeness (QED) is 0.597. The molecule has 18 heavy (non-hydrogen) atoms. The van der Waals surface area contributed by atoms with Crippen molar-refractivity contribution in [2.45, 2.75) is 77.9 Å². The highest BCUT2D eigenvalue weighted by atomic mass is 16.5. The minimum absolute atomic E-state index is 0.274. The molecule has 0 N–H and O–H groups in total. The first-order valence-electron chi connectivity index (χ1n) is 7.67. The molecular weight excluding hydrogens is 220 g/mol. The molecular formula is C17H26O. The molecule has 0 amide bonds. The molecule has 1 heteroatoms. The van der Waals surface area contributed by atoms with Crippen LogP contribution < -0.4 is 0 Å². The van der Waals surface area contributed by atoms with E-state index in [1.165, 1.54) is 44.9 Å². The van der Waals surface area contributed by atoms with E-state index in [-0.39, 0.29) is 5.41 Å². The van der Waals surface area contributed by atoms with E-state index in [0.717, 1.165) is 0 Å². The van der Waals surface area contributed by atoms with Crippen LogP contribution >= 0.6 is 0 Å². The second-order valence-corrected chi connectivity index (χ2v) is 7.10. The maximum atomic E-state index is 6.39. The summed E-state index contributed by atoms with van der Waals surface area (Å²) in [6.45, 7) is 7.12. The molecule has 0 radical (unpaired) electrons. The molecule has 2 aliphatic carbocycles. The fraction of sp³-hybridized carbons (Fsp3) is 0.765. The zero-order valence-electron chi connectivity index (χ0n) is 12.1. The van der Waals surface area contributed by atoms with Gasteiger partial charge in [0.1, 0.15) is 0 Å². The van der Waals surface area contributed by atoms with Gasteiger partial charge in [0.2, 0.25) is 0 Å².